The third kappa shape index (κ3) is 2.65. The third-order valence-corrected chi connectivity index (χ3v) is 5.86. The van der Waals surface area contributed by atoms with Crippen molar-refractivity contribution in [3.8, 4) is 5.75 Å². The first kappa shape index (κ1) is 17.2. The van der Waals surface area contributed by atoms with Crippen LogP contribution in [0.2, 0.25) is 0 Å². The Balaban J connectivity index is 1.71. The highest BCUT2D eigenvalue weighted by Gasteiger charge is 2.40. The molecule has 0 spiro atoms. The van der Waals surface area contributed by atoms with Crippen molar-refractivity contribution in [1.82, 2.24) is 0 Å². The molecular formula is C25H20F2O. The summed E-state index contributed by atoms with van der Waals surface area (Å²) >= 11 is 0. The molecule has 1 aliphatic carbocycles. The number of benzene rings is 3. The molecule has 0 aromatic heterocycles. The van der Waals surface area contributed by atoms with Crippen LogP contribution < -0.4 is 15.2 Å². The van der Waals surface area contributed by atoms with Crippen LogP contribution in [0, 0.1) is 11.6 Å². The van der Waals surface area contributed by atoms with Crippen molar-refractivity contribution >= 4 is 12.2 Å². The van der Waals surface area contributed by atoms with Gasteiger partial charge in [-0.15, -0.1) is 0 Å². The van der Waals surface area contributed by atoms with E-state index in [1.165, 1.54) is 28.1 Å². The molecule has 3 heteroatoms. The van der Waals surface area contributed by atoms with E-state index in [1.807, 2.05) is 36.4 Å². The fourth-order valence-corrected chi connectivity index (χ4v) is 4.47. The highest BCUT2D eigenvalue weighted by molar-refractivity contribution is 5.50. The first-order chi connectivity index (χ1) is 13.7. The SMILES string of the molecule is Fc1ccc(C2(c3ccccc3)CCc3c(ccc4c3=CCCC=4)O2)cc1F. The van der Waals surface area contributed by atoms with Crippen LogP contribution >= 0.6 is 0 Å². The number of ether oxygens (including phenoxy) is 1. The summed E-state index contributed by atoms with van der Waals surface area (Å²) in [5.74, 6) is -0.872. The Labute approximate surface area is 162 Å². The van der Waals surface area contributed by atoms with E-state index >= 15 is 0 Å². The minimum absolute atomic E-state index is 0.636. The summed E-state index contributed by atoms with van der Waals surface area (Å²) in [5, 5.41) is 2.52. The Kier molecular flexibility index (Phi) is 4.04. The van der Waals surface area contributed by atoms with E-state index in [0.717, 1.165) is 30.6 Å². The smallest absolute Gasteiger partial charge is 0.159 e. The molecule has 0 fully saturated rings. The molecule has 140 valence electrons. The lowest BCUT2D eigenvalue weighted by molar-refractivity contribution is 0.0841. The first-order valence-corrected chi connectivity index (χ1v) is 9.70. The number of hydrogen-bond acceptors (Lipinski definition) is 1. The van der Waals surface area contributed by atoms with Crippen LogP contribution in [0.3, 0.4) is 0 Å². The lowest BCUT2D eigenvalue weighted by Crippen LogP contribution is -2.42. The Morgan fingerprint density at radius 1 is 0.786 bits per heavy atom. The maximum atomic E-state index is 14.1. The molecule has 5 rings (SSSR count). The minimum Gasteiger partial charge on any atom is -0.477 e. The molecule has 3 aromatic rings. The Hall–Kier alpha value is -2.94. The molecule has 3 aromatic carbocycles. The molecule has 0 N–H and O–H groups in total. The van der Waals surface area contributed by atoms with Crippen molar-refractivity contribution in [2.45, 2.75) is 31.3 Å². The maximum Gasteiger partial charge on any atom is 0.159 e. The number of rotatable bonds is 2. The van der Waals surface area contributed by atoms with E-state index in [2.05, 4.69) is 18.2 Å². The quantitative estimate of drug-likeness (QED) is 0.638. The van der Waals surface area contributed by atoms with Crippen molar-refractivity contribution in [1.29, 1.82) is 0 Å². The second kappa shape index (κ2) is 6.59. The van der Waals surface area contributed by atoms with Gasteiger partial charge < -0.3 is 4.74 Å². The van der Waals surface area contributed by atoms with E-state index < -0.39 is 17.2 Å². The molecule has 1 atom stereocenters. The fourth-order valence-electron chi connectivity index (χ4n) is 4.47. The van der Waals surface area contributed by atoms with Crippen molar-refractivity contribution in [2.75, 3.05) is 0 Å². The lowest BCUT2D eigenvalue weighted by Gasteiger charge is -2.40. The van der Waals surface area contributed by atoms with Gasteiger partial charge >= 0.3 is 0 Å². The molecular weight excluding hydrogens is 354 g/mol. The van der Waals surface area contributed by atoms with E-state index in [4.69, 9.17) is 4.74 Å². The van der Waals surface area contributed by atoms with Gasteiger partial charge in [0, 0.05) is 11.1 Å². The van der Waals surface area contributed by atoms with Crippen molar-refractivity contribution in [3.63, 3.8) is 0 Å². The second-order valence-corrected chi connectivity index (χ2v) is 7.45. The molecule has 0 saturated heterocycles. The number of hydrogen-bond donors (Lipinski definition) is 0. The normalized spacial score (nSPS) is 20.2. The largest absolute Gasteiger partial charge is 0.477 e. The van der Waals surface area contributed by atoms with Gasteiger partial charge in [0.1, 0.15) is 5.75 Å². The molecule has 0 radical (unpaired) electrons. The van der Waals surface area contributed by atoms with Crippen molar-refractivity contribution < 1.29 is 13.5 Å². The van der Waals surface area contributed by atoms with Crippen LogP contribution in [0.5, 0.6) is 5.75 Å². The van der Waals surface area contributed by atoms with E-state index in [-0.39, 0.29) is 0 Å². The highest BCUT2D eigenvalue weighted by atomic mass is 19.2. The first-order valence-electron chi connectivity index (χ1n) is 9.70. The molecule has 28 heavy (non-hydrogen) atoms. The average Bonchev–Trinajstić information content (AvgIpc) is 2.75. The Bertz CT molecular complexity index is 1170. The molecule has 0 saturated carbocycles. The Morgan fingerprint density at radius 2 is 1.61 bits per heavy atom. The predicted octanol–water partition coefficient (Wildman–Crippen LogP) is 4.59. The third-order valence-electron chi connectivity index (χ3n) is 5.86. The zero-order valence-electron chi connectivity index (χ0n) is 15.4. The highest BCUT2D eigenvalue weighted by Crippen LogP contribution is 2.43. The second-order valence-electron chi connectivity index (χ2n) is 7.45. The van der Waals surface area contributed by atoms with E-state index in [1.54, 1.807) is 6.07 Å². The predicted molar refractivity (Wildman–Crippen MR) is 106 cm³/mol. The fraction of sp³-hybridized carbons (Fsp3) is 0.200. The van der Waals surface area contributed by atoms with Crippen molar-refractivity contribution in [3.05, 3.63) is 99.4 Å². The van der Waals surface area contributed by atoms with Gasteiger partial charge in [-0.25, -0.2) is 8.78 Å². The minimum atomic E-state index is -0.851. The van der Waals surface area contributed by atoms with Gasteiger partial charge in [-0.1, -0.05) is 54.6 Å². The summed E-state index contributed by atoms with van der Waals surface area (Å²) in [6, 6.07) is 18.0. The average molecular weight is 374 g/mol. The zero-order chi connectivity index (χ0) is 19.1. The molecule has 1 heterocycles. The van der Waals surface area contributed by atoms with Gasteiger partial charge in [-0.3, -0.25) is 0 Å². The molecule has 1 nitrogen and oxygen atoms in total. The van der Waals surface area contributed by atoms with Gasteiger partial charge in [0.05, 0.1) is 0 Å². The summed E-state index contributed by atoms with van der Waals surface area (Å²) in [7, 11) is 0. The van der Waals surface area contributed by atoms with Gasteiger partial charge in [0.25, 0.3) is 0 Å². The number of fused-ring (bicyclic) bond motifs is 3. The van der Waals surface area contributed by atoms with Gasteiger partial charge in [0.2, 0.25) is 0 Å². The van der Waals surface area contributed by atoms with Gasteiger partial charge in [-0.2, -0.15) is 0 Å². The molecule has 0 bridgehead atoms. The summed E-state index contributed by atoms with van der Waals surface area (Å²) in [5.41, 5.74) is 1.95. The topological polar surface area (TPSA) is 9.23 Å². The molecule has 2 aliphatic rings. The van der Waals surface area contributed by atoms with E-state index in [0.29, 0.717) is 12.0 Å². The van der Waals surface area contributed by atoms with Crippen LogP contribution in [-0.4, -0.2) is 0 Å². The zero-order valence-corrected chi connectivity index (χ0v) is 15.4. The van der Waals surface area contributed by atoms with E-state index in [9.17, 15) is 8.78 Å². The summed E-state index contributed by atoms with van der Waals surface area (Å²) < 4.78 is 34.3. The van der Waals surface area contributed by atoms with Crippen LogP contribution in [0.15, 0.2) is 60.7 Å². The van der Waals surface area contributed by atoms with Gasteiger partial charge in [0.15, 0.2) is 17.2 Å². The number of halogens is 2. The summed E-state index contributed by atoms with van der Waals surface area (Å²) in [4.78, 5) is 0. The lowest BCUT2D eigenvalue weighted by atomic mass is 9.79. The van der Waals surface area contributed by atoms with Crippen LogP contribution in [-0.2, 0) is 12.0 Å². The van der Waals surface area contributed by atoms with Crippen LogP contribution in [0.4, 0.5) is 8.78 Å². The maximum absolute atomic E-state index is 14.1. The Morgan fingerprint density at radius 3 is 2.43 bits per heavy atom. The van der Waals surface area contributed by atoms with Crippen LogP contribution in [0.1, 0.15) is 36.0 Å². The monoisotopic (exact) mass is 374 g/mol. The van der Waals surface area contributed by atoms with Gasteiger partial charge in [-0.05, 0) is 59.9 Å². The van der Waals surface area contributed by atoms with Crippen LogP contribution in [0.25, 0.3) is 12.2 Å². The molecule has 1 aliphatic heterocycles. The summed E-state index contributed by atoms with van der Waals surface area (Å²) in [6.07, 6.45) is 8.14. The van der Waals surface area contributed by atoms with Crippen molar-refractivity contribution in [2.24, 2.45) is 0 Å². The molecule has 0 amide bonds. The molecule has 1 unspecified atom stereocenters. The summed E-state index contributed by atoms with van der Waals surface area (Å²) in [6.45, 7) is 0. The standard InChI is InChI=1S/C25H20F2O/c26-22-12-11-19(16-23(22)27)25(18-7-2-1-3-8-18)15-14-21-20-9-5-4-6-17(20)10-13-24(21)28-25/h1-3,6-13,16H,4-5,14-15H2.